The monoisotopic (exact) mass is 432 g/mol. The summed E-state index contributed by atoms with van der Waals surface area (Å²) in [6.45, 7) is 6.43. The number of carbonyl (C=O) groups is 1. The number of aryl methyl sites for hydroxylation is 1. The van der Waals surface area contributed by atoms with Crippen molar-refractivity contribution in [3.63, 3.8) is 0 Å². The Kier molecular flexibility index (Phi) is 5.11. The second-order valence-electron chi connectivity index (χ2n) is 6.69. The molecule has 0 radical (unpaired) electrons. The Balaban J connectivity index is 1.33. The van der Waals surface area contributed by atoms with Crippen LogP contribution in [-0.4, -0.2) is 51.3 Å². The fraction of sp³-hybridized carbons (Fsp3) is 0.368. The van der Waals surface area contributed by atoms with Crippen LogP contribution >= 0.6 is 27.3 Å². The lowest BCUT2D eigenvalue weighted by Crippen LogP contribution is -2.48. The molecule has 3 aromatic rings. The first-order chi connectivity index (χ1) is 12.6. The molecular formula is C19H21BrN4OS. The summed E-state index contributed by atoms with van der Waals surface area (Å²) in [5, 5.41) is 0. The maximum atomic E-state index is 12.7. The lowest BCUT2D eigenvalue weighted by molar-refractivity contribution is -0.132. The van der Waals surface area contributed by atoms with Crippen LogP contribution in [0.2, 0.25) is 0 Å². The summed E-state index contributed by atoms with van der Waals surface area (Å²) in [5.74, 6) is 0.171. The molecule has 1 amide bonds. The highest BCUT2D eigenvalue weighted by molar-refractivity contribution is 9.11. The number of fused-ring (bicyclic) bond motifs is 1. The average molecular weight is 433 g/mol. The minimum atomic E-state index is 0.171. The molecule has 136 valence electrons. The topological polar surface area (TPSA) is 40.9 Å². The van der Waals surface area contributed by atoms with Gasteiger partial charge in [0.2, 0.25) is 5.91 Å². The van der Waals surface area contributed by atoms with Crippen LogP contribution in [0.5, 0.6) is 0 Å². The predicted octanol–water partition coefficient (Wildman–Crippen LogP) is 3.35. The first kappa shape index (κ1) is 17.7. The molecule has 0 unspecified atom stereocenters. The van der Waals surface area contributed by atoms with Gasteiger partial charge in [-0.15, -0.1) is 11.3 Å². The van der Waals surface area contributed by atoms with Crippen LogP contribution in [0.25, 0.3) is 5.65 Å². The third kappa shape index (κ3) is 3.84. The second-order valence-corrected chi connectivity index (χ2v) is 9.24. The third-order valence-electron chi connectivity index (χ3n) is 4.79. The Morgan fingerprint density at radius 3 is 2.73 bits per heavy atom. The molecule has 5 nitrogen and oxygen atoms in total. The van der Waals surface area contributed by atoms with Crippen molar-refractivity contribution in [1.82, 2.24) is 19.2 Å². The van der Waals surface area contributed by atoms with Gasteiger partial charge in [0.1, 0.15) is 5.65 Å². The molecule has 1 fully saturated rings. The van der Waals surface area contributed by atoms with Crippen LogP contribution < -0.4 is 0 Å². The molecule has 0 N–H and O–H groups in total. The van der Waals surface area contributed by atoms with Crippen LogP contribution in [0.4, 0.5) is 0 Å². The van der Waals surface area contributed by atoms with Crippen molar-refractivity contribution in [2.24, 2.45) is 0 Å². The number of rotatable bonds is 4. The zero-order valence-corrected chi connectivity index (χ0v) is 17.1. The Morgan fingerprint density at radius 1 is 1.23 bits per heavy atom. The van der Waals surface area contributed by atoms with E-state index in [1.54, 1.807) is 11.3 Å². The van der Waals surface area contributed by atoms with Crippen molar-refractivity contribution < 1.29 is 4.79 Å². The molecule has 3 aromatic heterocycles. The average Bonchev–Trinajstić information content (AvgIpc) is 3.22. The van der Waals surface area contributed by atoms with E-state index in [-0.39, 0.29) is 5.91 Å². The van der Waals surface area contributed by atoms with Crippen LogP contribution in [0.1, 0.15) is 16.1 Å². The molecule has 0 bridgehead atoms. The third-order valence-corrected chi connectivity index (χ3v) is 6.40. The number of pyridine rings is 1. The molecule has 1 saturated heterocycles. The number of hydrogen-bond acceptors (Lipinski definition) is 4. The molecule has 0 saturated carbocycles. The maximum Gasteiger partial charge on any atom is 0.228 e. The van der Waals surface area contributed by atoms with E-state index in [0.717, 1.165) is 49.6 Å². The Morgan fingerprint density at radius 2 is 2.04 bits per heavy atom. The summed E-state index contributed by atoms with van der Waals surface area (Å²) in [5.41, 5.74) is 2.90. The van der Waals surface area contributed by atoms with Crippen molar-refractivity contribution in [3.8, 4) is 0 Å². The number of amides is 1. The number of imidazole rings is 1. The van der Waals surface area contributed by atoms with Gasteiger partial charge in [0.05, 0.1) is 15.9 Å². The highest BCUT2D eigenvalue weighted by atomic mass is 79.9. The van der Waals surface area contributed by atoms with Gasteiger partial charge in [-0.3, -0.25) is 9.69 Å². The zero-order valence-electron chi connectivity index (χ0n) is 14.7. The molecular weight excluding hydrogens is 412 g/mol. The van der Waals surface area contributed by atoms with Gasteiger partial charge < -0.3 is 9.30 Å². The summed E-state index contributed by atoms with van der Waals surface area (Å²) in [6, 6.07) is 8.30. The van der Waals surface area contributed by atoms with Crippen molar-refractivity contribution in [2.75, 3.05) is 26.2 Å². The van der Waals surface area contributed by atoms with E-state index in [9.17, 15) is 4.79 Å². The van der Waals surface area contributed by atoms with Gasteiger partial charge in [-0.2, -0.15) is 0 Å². The lowest BCUT2D eigenvalue weighted by Gasteiger charge is -2.34. The fourth-order valence-corrected chi connectivity index (χ4v) is 4.89. The van der Waals surface area contributed by atoms with E-state index >= 15 is 0 Å². The predicted molar refractivity (Wildman–Crippen MR) is 108 cm³/mol. The smallest absolute Gasteiger partial charge is 0.228 e. The molecule has 1 aliphatic heterocycles. The fourth-order valence-electron chi connectivity index (χ4n) is 3.37. The van der Waals surface area contributed by atoms with Crippen molar-refractivity contribution >= 4 is 38.8 Å². The van der Waals surface area contributed by atoms with E-state index in [2.05, 4.69) is 37.9 Å². The highest BCUT2D eigenvalue weighted by Crippen LogP contribution is 2.23. The highest BCUT2D eigenvalue weighted by Gasteiger charge is 2.22. The minimum absolute atomic E-state index is 0.171. The number of thiophene rings is 1. The molecule has 7 heteroatoms. The molecule has 1 aliphatic rings. The normalized spacial score (nSPS) is 15.7. The zero-order chi connectivity index (χ0) is 18.1. The van der Waals surface area contributed by atoms with Gasteiger partial charge in [0, 0.05) is 50.0 Å². The molecule has 0 atom stereocenters. The van der Waals surface area contributed by atoms with Gasteiger partial charge in [0.25, 0.3) is 0 Å². The lowest BCUT2D eigenvalue weighted by atomic mass is 10.2. The summed E-state index contributed by atoms with van der Waals surface area (Å²) in [7, 11) is 0. The summed E-state index contributed by atoms with van der Waals surface area (Å²) >= 11 is 5.29. The first-order valence-corrected chi connectivity index (χ1v) is 10.4. The van der Waals surface area contributed by atoms with Gasteiger partial charge in [-0.25, -0.2) is 4.98 Å². The Hall–Kier alpha value is -1.70. The summed E-state index contributed by atoms with van der Waals surface area (Å²) in [4.78, 5) is 23.0. The van der Waals surface area contributed by atoms with Crippen molar-refractivity contribution in [1.29, 1.82) is 0 Å². The van der Waals surface area contributed by atoms with E-state index < -0.39 is 0 Å². The van der Waals surface area contributed by atoms with E-state index in [1.807, 2.05) is 40.8 Å². The molecule has 4 rings (SSSR count). The van der Waals surface area contributed by atoms with Crippen LogP contribution in [0.3, 0.4) is 0 Å². The number of carbonyl (C=O) groups excluding carboxylic acids is 1. The second kappa shape index (κ2) is 7.50. The van der Waals surface area contributed by atoms with Gasteiger partial charge in [-0.05, 0) is 46.6 Å². The van der Waals surface area contributed by atoms with Gasteiger partial charge in [-0.1, -0.05) is 6.07 Å². The van der Waals surface area contributed by atoms with Crippen molar-refractivity contribution in [2.45, 2.75) is 19.9 Å². The quantitative estimate of drug-likeness (QED) is 0.634. The number of hydrogen-bond donors (Lipinski definition) is 0. The van der Waals surface area contributed by atoms with Gasteiger partial charge >= 0.3 is 0 Å². The van der Waals surface area contributed by atoms with Crippen molar-refractivity contribution in [3.05, 3.63) is 56.6 Å². The number of nitrogens with zero attached hydrogens (tertiary/aromatic N) is 4. The number of halogens is 1. The first-order valence-electron chi connectivity index (χ1n) is 8.76. The van der Waals surface area contributed by atoms with E-state index in [4.69, 9.17) is 0 Å². The molecule has 0 spiro atoms. The van der Waals surface area contributed by atoms with Crippen LogP contribution in [0, 0.1) is 6.92 Å². The van der Waals surface area contributed by atoms with E-state index in [0.29, 0.717) is 6.42 Å². The van der Waals surface area contributed by atoms with E-state index in [1.165, 1.54) is 8.66 Å². The molecule has 0 aliphatic carbocycles. The molecule has 26 heavy (non-hydrogen) atoms. The summed E-state index contributed by atoms with van der Waals surface area (Å²) < 4.78 is 3.17. The number of aromatic nitrogens is 2. The standard InChI is InChI=1S/C19H21BrN4OS/c1-14-3-2-6-24-12-15(21-19(14)24)11-18(25)23-9-7-22(8-10-23)13-16-4-5-17(20)26-16/h2-6,12H,7-11,13H2,1H3. The number of piperazine rings is 1. The molecule has 4 heterocycles. The van der Waals surface area contributed by atoms with Crippen LogP contribution in [-0.2, 0) is 17.8 Å². The summed E-state index contributed by atoms with van der Waals surface area (Å²) in [6.07, 6.45) is 4.31. The minimum Gasteiger partial charge on any atom is -0.340 e. The Labute approximate surface area is 165 Å². The van der Waals surface area contributed by atoms with Gasteiger partial charge in [0.15, 0.2) is 0 Å². The Bertz CT molecular complexity index is 927. The maximum absolute atomic E-state index is 12.7. The molecule has 0 aromatic carbocycles. The largest absolute Gasteiger partial charge is 0.340 e. The van der Waals surface area contributed by atoms with Crippen LogP contribution in [0.15, 0.2) is 40.4 Å². The SMILES string of the molecule is Cc1cccn2cc(CC(=O)N3CCN(Cc4ccc(Br)s4)CC3)nc12.